The topological polar surface area (TPSA) is 20.3 Å². The quantitative estimate of drug-likeness (QED) is 0.742. The van der Waals surface area contributed by atoms with Gasteiger partial charge in [-0.3, -0.25) is 4.79 Å². The van der Waals surface area contributed by atoms with Gasteiger partial charge in [0.1, 0.15) is 0 Å². The molecule has 0 radical (unpaired) electrons. The summed E-state index contributed by atoms with van der Waals surface area (Å²) in [6, 6.07) is 0. The van der Waals surface area contributed by atoms with E-state index >= 15 is 0 Å². The van der Waals surface area contributed by atoms with E-state index in [-0.39, 0.29) is 10.8 Å². The molecule has 0 bridgehead atoms. The monoisotopic (exact) mass is 231 g/mol. The second kappa shape index (κ2) is 5.35. The molecule has 0 aromatic heterocycles. The molecule has 0 unspecified atom stereocenters. The van der Waals surface area contributed by atoms with E-state index in [4.69, 9.17) is 0 Å². The van der Waals surface area contributed by atoms with Gasteiger partial charge in [-0.15, -0.1) is 0 Å². The third-order valence-corrected chi connectivity index (χ3v) is 4.32. The Morgan fingerprint density at radius 3 is 1.93 bits per heavy atom. The summed E-state index contributed by atoms with van der Waals surface area (Å²) in [5, 5.41) is 0.303. The first-order valence-electron chi connectivity index (χ1n) is 5.41. The first-order valence-corrected chi connectivity index (χ1v) is 6.39. The van der Waals surface area contributed by atoms with Crippen molar-refractivity contribution in [1.82, 2.24) is 4.90 Å². The minimum Gasteiger partial charge on any atom is -0.309 e. The highest BCUT2D eigenvalue weighted by atomic mass is 32.2. The molecule has 0 rings (SSSR count). The number of thioether (sulfide) groups is 1. The van der Waals surface area contributed by atoms with Crippen LogP contribution in [0.25, 0.3) is 0 Å². The third-order valence-electron chi connectivity index (χ3n) is 3.16. The largest absolute Gasteiger partial charge is 0.309 e. The van der Waals surface area contributed by atoms with Gasteiger partial charge in [0.05, 0.1) is 0 Å². The summed E-state index contributed by atoms with van der Waals surface area (Å²) in [5.41, 5.74) is -0.237. The molecule has 3 heteroatoms. The predicted octanol–water partition coefficient (Wildman–Crippen LogP) is 2.88. The molecule has 0 aromatic rings. The van der Waals surface area contributed by atoms with Gasteiger partial charge in [-0.2, -0.15) is 0 Å². The van der Waals surface area contributed by atoms with Gasteiger partial charge >= 0.3 is 0 Å². The zero-order chi connectivity index (χ0) is 12.3. The lowest BCUT2D eigenvalue weighted by Gasteiger charge is -2.36. The van der Waals surface area contributed by atoms with E-state index in [1.165, 1.54) is 11.8 Å². The van der Waals surface area contributed by atoms with Gasteiger partial charge in [-0.25, -0.2) is 0 Å². The Morgan fingerprint density at radius 1 is 1.13 bits per heavy atom. The highest BCUT2D eigenvalue weighted by Gasteiger charge is 2.39. The van der Waals surface area contributed by atoms with E-state index in [1.807, 2.05) is 27.9 Å². The lowest BCUT2D eigenvalue weighted by Crippen LogP contribution is -2.36. The van der Waals surface area contributed by atoms with Crippen LogP contribution in [0.4, 0.5) is 0 Å². The molecule has 0 atom stereocenters. The summed E-state index contributed by atoms with van der Waals surface area (Å²) in [6.45, 7) is 11.4. The van der Waals surface area contributed by atoms with Crippen molar-refractivity contribution in [2.24, 2.45) is 10.8 Å². The molecule has 0 saturated carbocycles. The number of rotatable bonds is 4. The summed E-state index contributed by atoms with van der Waals surface area (Å²) in [7, 11) is 4.06. The lowest BCUT2D eigenvalue weighted by atomic mass is 9.70. The fraction of sp³-hybridized carbons (Fsp3) is 0.917. The highest BCUT2D eigenvalue weighted by Crippen LogP contribution is 2.41. The zero-order valence-electron chi connectivity index (χ0n) is 11.2. The number of carbonyl (C=O) groups is 1. The number of hydrogen-bond donors (Lipinski definition) is 0. The van der Waals surface area contributed by atoms with Crippen molar-refractivity contribution in [2.75, 3.05) is 26.4 Å². The minimum absolute atomic E-state index is 0.0230. The second-order valence-corrected chi connectivity index (χ2v) is 6.88. The summed E-state index contributed by atoms with van der Waals surface area (Å²) in [4.78, 5) is 14.1. The summed E-state index contributed by atoms with van der Waals surface area (Å²) in [6.07, 6.45) is 0. The van der Waals surface area contributed by atoms with Gasteiger partial charge in [-0.1, -0.05) is 46.4 Å². The van der Waals surface area contributed by atoms with Crippen molar-refractivity contribution >= 4 is 16.9 Å². The number of nitrogens with zero attached hydrogens (tertiary/aromatic N) is 1. The van der Waals surface area contributed by atoms with Crippen molar-refractivity contribution in [2.45, 2.75) is 34.6 Å². The van der Waals surface area contributed by atoms with Crippen molar-refractivity contribution in [3.8, 4) is 0 Å². The number of carbonyl (C=O) groups excluding carboxylic acids is 1. The van der Waals surface area contributed by atoms with E-state index in [1.54, 1.807) is 0 Å². The van der Waals surface area contributed by atoms with Gasteiger partial charge in [0.15, 0.2) is 5.12 Å². The maximum absolute atomic E-state index is 12.0. The van der Waals surface area contributed by atoms with Crippen molar-refractivity contribution < 1.29 is 4.79 Å². The molecule has 0 aliphatic heterocycles. The van der Waals surface area contributed by atoms with Crippen molar-refractivity contribution in [1.29, 1.82) is 0 Å². The van der Waals surface area contributed by atoms with Crippen LogP contribution in [0.15, 0.2) is 0 Å². The van der Waals surface area contributed by atoms with Crippen LogP contribution >= 0.6 is 11.8 Å². The first kappa shape index (κ1) is 15.0. The molecule has 0 fully saturated rings. The normalized spacial score (nSPS) is 13.3. The summed E-state index contributed by atoms with van der Waals surface area (Å²) in [5.74, 6) is 0.880. The van der Waals surface area contributed by atoms with Crippen LogP contribution in [0.2, 0.25) is 0 Å². The maximum Gasteiger partial charge on any atom is 0.195 e. The van der Waals surface area contributed by atoms with Crippen molar-refractivity contribution in [3.63, 3.8) is 0 Å². The molecule has 0 aromatic carbocycles. The average Bonchev–Trinajstić information content (AvgIpc) is 2.01. The SMILES string of the molecule is CN(C)CCSC(=O)C(C)(C)C(C)(C)C. The highest BCUT2D eigenvalue weighted by molar-refractivity contribution is 8.13. The fourth-order valence-electron chi connectivity index (χ4n) is 0.808. The maximum atomic E-state index is 12.0. The average molecular weight is 231 g/mol. The third kappa shape index (κ3) is 4.56. The van der Waals surface area contributed by atoms with Crippen LogP contribution in [0.5, 0.6) is 0 Å². The van der Waals surface area contributed by atoms with Crippen LogP contribution in [0, 0.1) is 10.8 Å². The van der Waals surface area contributed by atoms with Crippen LogP contribution in [-0.4, -0.2) is 36.4 Å². The van der Waals surface area contributed by atoms with Crippen LogP contribution in [-0.2, 0) is 4.79 Å². The van der Waals surface area contributed by atoms with E-state index in [9.17, 15) is 4.79 Å². The molecular formula is C12H25NOS. The molecule has 0 saturated heterocycles. The predicted molar refractivity (Wildman–Crippen MR) is 69.3 cm³/mol. The Balaban J connectivity index is 4.21. The van der Waals surface area contributed by atoms with Crippen LogP contribution in [0.1, 0.15) is 34.6 Å². The smallest absolute Gasteiger partial charge is 0.195 e. The Labute approximate surface area is 98.8 Å². The zero-order valence-corrected chi connectivity index (χ0v) is 12.0. The molecule has 0 spiro atoms. The van der Waals surface area contributed by atoms with Gasteiger partial charge < -0.3 is 4.90 Å². The van der Waals surface area contributed by atoms with E-state index in [2.05, 4.69) is 25.7 Å². The molecule has 15 heavy (non-hydrogen) atoms. The van der Waals surface area contributed by atoms with E-state index < -0.39 is 0 Å². The second-order valence-electron chi connectivity index (χ2n) is 5.81. The first-order chi connectivity index (χ1) is 6.59. The van der Waals surface area contributed by atoms with Crippen LogP contribution in [0.3, 0.4) is 0 Å². The van der Waals surface area contributed by atoms with Gasteiger partial charge in [0.2, 0.25) is 0 Å². The summed E-state index contributed by atoms with van der Waals surface area (Å²) < 4.78 is 0. The van der Waals surface area contributed by atoms with Crippen LogP contribution < -0.4 is 0 Å². The minimum atomic E-state index is -0.260. The van der Waals surface area contributed by atoms with Crippen molar-refractivity contribution in [3.05, 3.63) is 0 Å². The fourth-order valence-corrected chi connectivity index (χ4v) is 2.12. The molecule has 0 aliphatic rings. The van der Waals surface area contributed by atoms with Gasteiger partial charge in [0, 0.05) is 17.7 Å². The van der Waals surface area contributed by atoms with E-state index in [0.717, 1.165) is 12.3 Å². The Morgan fingerprint density at radius 2 is 1.60 bits per heavy atom. The Hall–Kier alpha value is -0.0200. The van der Waals surface area contributed by atoms with Gasteiger partial charge in [-0.05, 0) is 19.5 Å². The Kier molecular flexibility index (Phi) is 5.34. The molecule has 0 N–H and O–H groups in total. The Bertz CT molecular complexity index is 216. The van der Waals surface area contributed by atoms with Gasteiger partial charge in [0.25, 0.3) is 0 Å². The molecule has 0 aliphatic carbocycles. The molecule has 0 amide bonds. The molecule has 0 heterocycles. The molecule has 90 valence electrons. The molecule has 2 nitrogen and oxygen atoms in total. The van der Waals surface area contributed by atoms with E-state index in [0.29, 0.717) is 5.12 Å². The standard InChI is InChI=1S/C12H25NOS/c1-11(2,3)12(4,5)10(14)15-9-8-13(6)7/h8-9H2,1-7H3. The lowest BCUT2D eigenvalue weighted by molar-refractivity contribution is -0.123. The summed E-state index contributed by atoms with van der Waals surface area (Å²) >= 11 is 1.46. The number of hydrogen-bond acceptors (Lipinski definition) is 3. The molecular weight excluding hydrogens is 206 g/mol.